The third-order valence-electron chi connectivity index (χ3n) is 6.25. The van der Waals surface area contributed by atoms with Crippen molar-refractivity contribution in [1.82, 2.24) is 15.0 Å². The number of carbonyl (C=O) groups is 4. The summed E-state index contributed by atoms with van der Waals surface area (Å²) in [6.07, 6.45) is 0. The Labute approximate surface area is 248 Å². The molecule has 0 aliphatic carbocycles. The summed E-state index contributed by atoms with van der Waals surface area (Å²) in [5.41, 5.74) is -0.00982. The van der Waals surface area contributed by atoms with Crippen LogP contribution in [0.4, 0.5) is 34.6 Å². The van der Waals surface area contributed by atoms with Crippen LogP contribution >= 0.6 is 0 Å². The van der Waals surface area contributed by atoms with Crippen LogP contribution in [0.3, 0.4) is 0 Å². The summed E-state index contributed by atoms with van der Waals surface area (Å²) in [6, 6.07) is 25.2. The molecule has 5 aromatic rings. The second-order valence-electron chi connectivity index (χ2n) is 9.11. The van der Waals surface area contributed by atoms with Gasteiger partial charge in [-0.1, -0.05) is 30.3 Å². The number of nitrogens with zero attached hydrogens (tertiary/aromatic N) is 5. The smallest absolute Gasteiger partial charge is 0.354 e. The van der Waals surface area contributed by atoms with Gasteiger partial charge in [-0.05, 0) is 72.8 Å². The molecule has 3 aromatic heterocycles. The minimum absolute atomic E-state index is 0.0418. The van der Waals surface area contributed by atoms with Gasteiger partial charge in [0.15, 0.2) is 11.4 Å². The Bertz CT molecular complexity index is 1680. The molecule has 0 spiro atoms. The predicted octanol–water partition coefficient (Wildman–Crippen LogP) is 5.60. The van der Waals surface area contributed by atoms with E-state index in [1.54, 1.807) is 30.3 Å². The van der Waals surface area contributed by atoms with Crippen LogP contribution in [0.15, 0.2) is 103 Å². The van der Waals surface area contributed by atoms with E-state index in [1.807, 2.05) is 0 Å². The molecule has 0 saturated heterocycles. The second-order valence-corrected chi connectivity index (χ2v) is 9.11. The Hall–Kier alpha value is -6.63. The number of benzene rings is 2. The fraction of sp³-hybridized carbons (Fsp3) is 0. The minimum atomic E-state index is -1.28. The maximum absolute atomic E-state index is 11.8. The second kappa shape index (κ2) is 12.1. The number of hydrogen-bond donors (Lipinski definition) is 4. The molecular formula is C31H21N5O8. The molecule has 0 aliphatic rings. The topological polar surface area (TPSA) is 194 Å². The van der Waals surface area contributed by atoms with Gasteiger partial charge < -0.3 is 20.4 Å². The van der Waals surface area contributed by atoms with Crippen molar-refractivity contribution in [2.24, 2.45) is 0 Å². The normalized spacial score (nSPS) is 10.5. The van der Waals surface area contributed by atoms with Gasteiger partial charge in [0, 0.05) is 11.4 Å². The number of carboxylic acids is 4. The first-order chi connectivity index (χ1) is 21.1. The quantitative estimate of drug-likeness (QED) is 0.157. The largest absolute Gasteiger partial charge is 0.478 e. The van der Waals surface area contributed by atoms with E-state index >= 15 is 0 Å². The molecule has 5 rings (SSSR count). The first-order valence-corrected chi connectivity index (χ1v) is 12.8. The van der Waals surface area contributed by atoms with E-state index in [-0.39, 0.29) is 45.8 Å². The molecule has 4 N–H and O–H groups in total. The zero-order chi connectivity index (χ0) is 31.4. The molecule has 13 heteroatoms. The van der Waals surface area contributed by atoms with Crippen LogP contribution in [-0.4, -0.2) is 59.3 Å². The van der Waals surface area contributed by atoms with Gasteiger partial charge >= 0.3 is 23.9 Å². The molecule has 0 aliphatic heterocycles. The number of anilines is 6. The van der Waals surface area contributed by atoms with Gasteiger partial charge in [0.25, 0.3) is 0 Å². The Balaban J connectivity index is 1.73. The van der Waals surface area contributed by atoms with Gasteiger partial charge in [-0.25, -0.2) is 34.1 Å². The molecule has 0 radical (unpaired) electrons. The number of pyridine rings is 3. The number of aromatic nitrogens is 3. The number of hydrogen-bond acceptors (Lipinski definition) is 9. The summed E-state index contributed by atoms with van der Waals surface area (Å²) in [4.78, 5) is 63.1. The highest BCUT2D eigenvalue weighted by Crippen LogP contribution is 2.37. The molecule has 0 saturated carbocycles. The van der Waals surface area contributed by atoms with Crippen LogP contribution in [0.2, 0.25) is 0 Å². The maximum Gasteiger partial charge on any atom is 0.354 e. The molecule has 218 valence electrons. The van der Waals surface area contributed by atoms with Crippen molar-refractivity contribution in [2.75, 3.05) is 9.80 Å². The lowest BCUT2D eigenvalue weighted by atomic mass is 10.1. The van der Waals surface area contributed by atoms with Crippen LogP contribution < -0.4 is 9.80 Å². The zero-order valence-electron chi connectivity index (χ0n) is 22.5. The van der Waals surface area contributed by atoms with Crippen LogP contribution in [0.25, 0.3) is 0 Å². The van der Waals surface area contributed by atoms with Gasteiger partial charge in [0.1, 0.15) is 23.3 Å². The Morgan fingerprint density at radius 3 is 1.14 bits per heavy atom. The van der Waals surface area contributed by atoms with Crippen molar-refractivity contribution in [3.05, 3.63) is 126 Å². The minimum Gasteiger partial charge on any atom is -0.478 e. The van der Waals surface area contributed by atoms with E-state index in [2.05, 4.69) is 9.97 Å². The molecule has 0 bridgehead atoms. The average Bonchev–Trinajstić information content (AvgIpc) is 3.02. The van der Waals surface area contributed by atoms with Gasteiger partial charge in [0.2, 0.25) is 0 Å². The van der Waals surface area contributed by atoms with E-state index in [1.165, 1.54) is 82.6 Å². The molecule has 3 heterocycles. The lowest BCUT2D eigenvalue weighted by molar-refractivity contribution is 0.0680. The lowest BCUT2D eigenvalue weighted by Crippen LogP contribution is -2.18. The summed E-state index contributed by atoms with van der Waals surface area (Å²) in [5, 5.41) is 38.4. The SMILES string of the molecule is O=C(O)c1cccc(N(c2cccc(C(=O)O)n2)c2cccc(N(c3cccc(C(=O)O)c3)c3cccc(C(=O)O)n3)n2)c1. The Morgan fingerprint density at radius 1 is 0.432 bits per heavy atom. The molecule has 13 nitrogen and oxygen atoms in total. The van der Waals surface area contributed by atoms with Crippen molar-refractivity contribution in [2.45, 2.75) is 0 Å². The van der Waals surface area contributed by atoms with E-state index in [0.29, 0.717) is 11.4 Å². The zero-order valence-corrected chi connectivity index (χ0v) is 22.5. The molecule has 0 unspecified atom stereocenters. The van der Waals surface area contributed by atoms with E-state index in [4.69, 9.17) is 4.98 Å². The number of aromatic carboxylic acids is 4. The van der Waals surface area contributed by atoms with E-state index in [9.17, 15) is 39.6 Å². The summed E-state index contributed by atoms with van der Waals surface area (Å²) in [6.45, 7) is 0. The van der Waals surface area contributed by atoms with Gasteiger partial charge in [-0.15, -0.1) is 0 Å². The van der Waals surface area contributed by atoms with Crippen molar-refractivity contribution >= 4 is 58.5 Å². The summed E-state index contributed by atoms with van der Waals surface area (Å²) in [7, 11) is 0. The Kier molecular flexibility index (Phi) is 7.93. The lowest BCUT2D eigenvalue weighted by Gasteiger charge is -2.27. The summed E-state index contributed by atoms with van der Waals surface area (Å²) >= 11 is 0. The van der Waals surface area contributed by atoms with Crippen LogP contribution in [0, 0.1) is 0 Å². The monoisotopic (exact) mass is 591 g/mol. The first-order valence-electron chi connectivity index (χ1n) is 12.8. The molecule has 0 atom stereocenters. The summed E-state index contributed by atoms with van der Waals surface area (Å²) < 4.78 is 0. The Morgan fingerprint density at radius 2 is 0.773 bits per heavy atom. The van der Waals surface area contributed by atoms with Crippen molar-refractivity contribution < 1.29 is 39.6 Å². The van der Waals surface area contributed by atoms with E-state index < -0.39 is 23.9 Å². The molecular weight excluding hydrogens is 570 g/mol. The van der Waals surface area contributed by atoms with Gasteiger partial charge in [-0.2, -0.15) is 0 Å². The highest BCUT2D eigenvalue weighted by atomic mass is 16.4. The van der Waals surface area contributed by atoms with Crippen molar-refractivity contribution in [3.63, 3.8) is 0 Å². The summed E-state index contributed by atoms with van der Waals surface area (Å²) in [5.74, 6) is -4.35. The van der Waals surface area contributed by atoms with Crippen LogP contribution in [0.1, 0.15) is 41.7 Å². The highest BCUT2D eigenvalue weighted by molar-refractivity contribution is 5.92. The third kappa shape index (κ3) is 6.01. The fourth-order valence-electron chi connectivity index (χ4n) is 4.31. The van der Waals surface area contributed by atoms with E-state index in [0.717, 1.165) is 0 Å². The standard InChI is InChI=1S/C31H21N5O8/c37-28(38)18-6-1-8-20(16-18)35(24-12-3-10-22(32-24)30(41)42)26-14-5-15-27(34-26)36(21-9-2-7-19(17-21)29(39)40)25-13-4-11-23(33-25)31(43)44/h1-17H,(H,37,38)(H,39,40)(H,41,42)(H,43,44). The number of carboxylic acid groups (broad SMARTS) is 4. The van der Waals surface area contributed by atoms with Crippen LogP contribution in [-0.2, 0) is 0 Å². The van der Waals surface area contributed by atoms with Gasteiger partial charge in [0.05, 0.1) is 11.1 Å². The van der Waals surface area contributed by atoms with Crippen LogP contribution in [0.5, 0.6) is 0 Å². The predicted molar refractivity (Wildman–Crippen MR) is 157 cm³/mol. The third-order valence-corrected chi connectivity index (χ3v) is 6.25. The fourth-order valence-corrected chi connectivity index (χ4v) is 4.31. The first kappa shape index (κ1) is 28.9. The highest BCUT2D eigenvalue weighted by Gasteiger charge is 2.22. The number of rotatable bonds is 10. The maximum atomic E-state index is 11.8. The molecule has 0 fully saturated rings. The van der Waals surface area contributed by atoms with Gasteiger partial charge in [-0.3, -0.25) is 9.80 Å². The molecule has 0 amide bonds. The van der Waals surface area contributed by atoms with Crippen molar-refractivity contribution in [1.29, 1.82) is 0 Å². The molecule has 44 heavy (non-hydrogen) atoms. The van der Waals surface area contributed by atoms with Crippen molar-refractivity contribution in [3.8, 4) is 0 Å². The molecule has 2 aromatic carbocycles. The average molecular weight is 592 g/mol.